The Kier molecular flexibility index (Phi) is 6.89. The highest BCUT2D eigenvalue weighted by Crippen LogP contribution is 2.34. The molecular weight excluding hydrogens is 520 g/mol. The lowest BCUT2D eigenvalue weighted by atomic mass is 9.88. The van der Waals surface area contributed by atoms with Crippen LogP contribution in [0.3, 0.4) is 0 Å². The first-order valence-corrected chi connectivity index (χ1v) is 13.3. The number of carbonyl (C=O) groups is 4. The van der Waals surface area contributed by atoms with E-state index in [2.05, 4.69) is 20.8 Å². The predicted octanol–water partition coefficient (Wildman–Crippen LogP) is -1.13. The van der Waals surface area contributed by atoms with Gasteiger partial charge in [-0.25, -0.2) is 14.1 Å². The van der Waals surface area contributed by atoms with Gasteiger partial charge in [0.1, 0.15) is 11.7 Å². The lowest BCUT2D eigenvalue weighted by molar-refractivity contribution is -0.165. The Morgan fingerprint density at radius 3 is 2.58 bits per heavy atom. The molecule has 3 aliphatic rings. The number of nitrogen functional groups attached to an aromatic ring is 1. The molecule has 4 rings (SSSR count). The Morgan fingerprint density at radius 2 is 2.06 bits per heavy atom. The third-order valence-corrected chi connectivity index (χ3v) is 8.11. The lowest BCUT2D eigenvalue weighted by Crippen LogP contribution is -2.72. The Hall–Kier alpha value is -3.31. The second kappa shape index (κ2) is 9.62. The van der Waals surface area contributed by atoms with E-state index in [0.29, 0.717) is 25.8 Å². The maximum atomic E-state index is 13.2. The van der Waals surface area contributed by atoms with E-state index in [1.165, 1.54) is 5.38 Å². The number of rotatable bonds is 9. The summed E-state index contributed by atoms with van der Waals surface area (Å²) in [5.41, 5.74) is 3.52. The molecule has 3 atom stereocenters. The van der Waals surface area contributed by atoms with Crippen LogP contribution in [0.1, 0.15) is 44.2 Å². The van der Waals surface area contributed by atoms with Gasteiger partial charge in [0.25, 0.3) is 11.8 Å². The first-order valence-electron chi connectivity index (χ1n) is 11.0. The minimum absolute atomic E-state index is 0.0429. The van der Waals surface area contributed by atoms with Crippen molar-refractivity contribution < 1.29 is 42.1 Å². The van der Waals surface area contributed by atoms with Gasteiger partial charge in [-0.2, -0.15) is 8.42 Å². The highest BCUT2D eigenvalue weighted by Gasteiger charge is 2.55. The number of hydrogen-bond donors (Lipinski definition) is 5. The summed E-state index contributed by atoms with van der Waals surface area (Å²) in [4.78, 5) is 58.9. The van der Waals surface area contributed by atoms with Crippen LogP contribution in [0.2, 0.25) is 0 Å². The van der Waals surface area contributed by atoms with Crippen LogP contribution in [0.4, 0.5) is 5.13 Å². The molecule has 17 heteroatoms. The largest absolute Gasteiger partial charge is 0.478 e. The number of hydrogen-bond acceptors (Lipinski definition) is 11. The Bertz CT molecular complexity index is 1220. The van der Waals surface area contributed by atoms with Crippen molar-refractivity contribution >= 4 is 56.2 Å². The fraction of sp³-hybridized carbons (Fsp3) is 0.579. The quantitative estimate of drug-likeness (QED) is 0.108. The van der Waals surface area contributed by atoms with Gasteiger partial charge in [0.2, 0.25) is 11.5 Å². The smallest absolute Gasteiger partial charge is 0.362 e. The van der Waals surface area contributed by atoms with Crippen molar-refractivity contribution in [2.75, 3.05) is 12.3 Å². The molecule has 2 saturated heterocycles. The van der Waals surface area contributed by atoms with Crippen molar-refractivity contribution in [1.82, 2.24) is 19.9 Å². The number of carbonyl (C=O) groups excluding carboxylic acids is 3. The average molecular weight is 545 g/mol. The molecule has 15 nitrogen and oxygen atoms in total. The SMILES string of the molecule is Nc1nc(/C(=N/OC2(C(=O)O)CCCC2)C(=O)N[C@@H]2C(=O)N(S(=O)(=O)O)[C@@H]2CC2CCNC2=O)cs1. The average Bonchev–Trinajstić information content (AvgIpc) is 3.54. The van der Waals surface area contributed by atoms with E-state index in [1.807, 2.05) is 0 Å². The van der Waals surface area contributed by atoms with Gasteiger partial charge in [-0.05, 0) is 25.7 Å². The zero-order valence-electron chi connectivity index (χ0n) is 18.7. The van der Waals surface area contributed by atoms with Crippen LogP contribution in [0.5, 0.6) is 0 Å². The van der Waals surface area contributed by atoms with E-state index in [4.69, 9.17) is 10.6 Å². The van der Waals surface area contributed by atoms with E-state index in [-0.39, 0.29) is 40.3 Å². The second-order valence-electron chi connectivity index (χ2n) is 8.75. The number of carboxylic acid groups (broad SMARTS) is 1. The van der Waals surface area contributed by atoms with Gasteiger partial charge >= 0.3 is 16.3 Å². The predicted molar refractivity (Wildman–Crippen MR) is 123 cm³/mol. The van der Waals surface area contributed by atoms with E-state index in [1.54, 1.807) is 0 Å². The molecular formula is C19H24N6O9S2. The number of nitrogens with two attached hydrogens (primary N) is 1. The monoisotopic (exact) mass is 544 g/mol. The van der Waals surface area contributed by atoms with Gasteiger partial charge in [-0.1, -0.05) is 5.16 Å². The van der Waals surface area contributed by atoms with Crippen molar-refractivity contribution in [3.8, 4) is 0 Å². The third-order valence-electron chi connectivity index (χ3n) is 6.49. The molecule has 0 spiro atoms. The van der Waals surface area contributed by atoms with Crippen molar-refractivity contribution in [2.45, 2.75) is 56.2 Å². The van der Waals surface area contributed by atoms with Crippen LogP contribution in [-0.2, 0) is 34.3 Å². The molecule has 3 amide bonds. The van der Waals surface area contributed by atoms with Crippen LogP contribution >= 0.6 is 11.3 Å². The summed E-state index contributed by atoms with van der Waals surface area (Å²) in [5, 5.41) is 19.8. The maximum absolute atomic E-state index is 13.2. The molecule has 1 aromatic rings. The summed E-state index contributed by atoms with van der Waals surface area (Å²) >= 11 is 0.981. The molecule has 3 fully saturated rings. The fourth-order valence-corrected chi connectivity index (χ4v) is 6.03. The summed E-state index contributed by atoms with van der Waals surface area (Å²) in [6.07, 6.45) is 1.79. The second-order valence-corrected chi connectivity index (χ2v) is 10.9. The van der Waals surface area contributed by atoms with Gasteiger partial charge < -0.3 is 26.3 Å². The van der Waals surface area contributed by atoms with Gasteiger partial charge in [-0.3, -0.25) is 18.9 Å². The molecule has 0 aromatic carbocycles. The Morgan fingerprint density at radius 1 is 1.36 bits per heavy atom. The number of nitrogens with one attached hydrogen (secondary N) is 2. The minimum atomic E-state index is -4.95. The molecule has 196 valence electrons. The summed E-state index contributed by atoms with van der Waals surface area (Å²) in [6.45, 7) is 0.373. The molecule has 1 aliphatic carbocycles. The van der Waals surface area contributed by atoms with Crippen LogP contribution in [0.25, 0.3) is 0 Å². The van der Waals surface area contributed by atoms with Crippen LogP contribution < -0.4 is 16.4 Å². The summed E-state index contributed by atoms with van der Waals surface area (Å²) in [5.74, 6) is -4.31. The van der Waals surface area contributed by atoms with E-state index < -0.39 is 57.4 Å². The summed E-state index contributed by atoms with van der Waals surface area (Å²) in [6, 6.07) is -2.64. The Labute approximate surface area is 208 Å². The molecule has 2 aliphatic heterocycles. The number of oxime groups is 1. The zero-order chi connectivity index (χ0) is 26.3. The van der Waals surface area contributed by atoms with Crippen molar-refractivity contribution in [1.29, 1.82) is 0 Å². The molecule has 1 aromatic heterocycles. The Balaban J connectivity index is 1.59. The lowest BCUT2D eigenvalue weighted by Gasteiger charge is -2.44. The highest BCUT2D eigenvalue weighted by molar-refractivity contribution is 7.84. The van der Waals surface area contributed by atoms with Gasteiger partial charge in [0.05, 0.1) is 6.04 Å². The molecule has 3 heterocycles. The summed E-state index contributed by atoms with van der Waals surface area (Å²) < 4.78 is 33.2. The molecule has 36 heavy (non-hydrogen) atoms. The number of amides is 3. The molecule has 6 N–H and O–H groups in total. The summed E-state index contributed by atoms with van der Waals surface area (Å²) in [7, 11) is -4.95. The molecule has 1 unspecified atom stereocenters. The number of β-lactam (4-membered cyclic amide) rings is 1. The van der Waals surface area contributed by atoms with Crippen LogP contribution in [-0.4, -0.2) is 81.0 Å². The number of aromatic nitrogens is 1. The number of carboxylic acids is 1. The van der Waals surface area contributed by atoms with E-state index >= 15 is 0 Å². The van der Waals surface area contributed by atoms with Gasteiger partial charge in [0.15, 0.2) is 10.8 Å². The standard InChI is InChI=1S/C19H24N6O9S2/c20-18-22-10(8-35-18)12(24-34-19(17(29)30)4-1-2-5-19)15(27)23-13-11(7-9-3-6-21-14(9)26)25(16(13)28)36(31,32)33/h8-9,11,13H,1-7H2,(H2,20,22)(H,21,26)(H,23,27)(H,29,30)(H,31,32,33)/b24-12-/t9?,11-,13+/m1/s1. The molecule has 0 radical (unpaired) electrons. The molecule has 1 saturated carbocycles. The minimum Gasteiger partial charge on any atom is -0.478 e. The van der Waals surface area contributed by atoms with Gasteiger partial charge in [-0.15, -0.1) is 11.3 Å². The normalized spacial score (nSPS) is 25.9. The highest BCUT2D eigenvalue weighted by atomic mass is 32.2. The van der Waals surface area contributed by atoms with E-state index in [0.717, 1.165) is 11.3 Å². The first-order chi connectivity index (χ1) is 16.9. The number of anilines is 1. The van der Waals surface area contributed by atoms with Crippen molar-refractivity contribution in [3.05, 3.63) is 11.1 Å². The third kappa shape index (κ3) is 4.85. The number of aliphatic carboxylic acids is 1. The maximum Gasteiger partial charge on any atom is 0.362 e. The molecule has 0 bridgehead atoms. The van der Waals surface area contributed by atoms with Crippen molar-refractivity contribution in [2.24, 2.45) is 11.1 Å². The first kappa shape index (κ1) is 25.8. The number of nitrogens with zero attached hydrogens (tertiary/aromatic N) is 3. The topological polar surface area (TPSA) is 231 Å². The van der Waals surface area contributed by atoms with E-state index in [9.17, 15) is 37.3 Å². The van der Waals surface area contributed by atoms with Crippen LogP contribution in [0, 0.1) is 5.92 Å². The van der Waals surface area contributed by atoms with Gasteiger partial charge in [0, 0.05) is 30.7 Å². The van der Waals surface area contributed by atoms with Crippen LogP contribution in [0.15, 0.2) is 10.5 Å². The van der Waals surface area contributed by atoms with Crippen molar-refractivity contribution in [3.63, 3.8) is 0 Å². The fourth-order valence-electron chi connectivity index (χ4n) is 4.59. The zero-order valence-corrected chi connectivity index (χ0v) is 20.4. The number of thiazole rings is 1.